The van der Waals surface area contributed by atoms with Crippen molar-refractivity contribution in [3.63, 3.8) is 0 Å². The van der Waals surface area contributed by atoms with Crippen molar-refractivity contribution < 1.29 is 9.36 Å². The maximum atomic E-state index is 12.2. The van der Waals surface area contributed by atoms with Gasteiger partial charge < -0.3 is 0 Å². The summed E-state index contributed by atoms with van der Waals surface area (Å²) in [5.74, 6) is -0.0554. The van der Waals surface area contributed by atoms with Gasteiger partial charge in [0.2, 0.25) is 0 Å². The predicted molar refractivity (Wildman–Crippen MR) is 92.0 cm³/mol. The Morgan fingerprint density at radius 2 is 1.35 bits per heavy atom. The van der Waals surface area contributed by atoms with Crippen LogP contribution < -0.4 is 4.57 Å². The highest BCUT2D eigenvalue weighted by Gasteiger charge is 2.09. The van der Waals surface area contributed by atoms with E-state index in [0.717, 1.165) is 12.0 Å². The normalized spacial score (nSPS) is 10.8. The zero-order chi connectivity index (χ0) is 15.9. The molecule has 112 valence electrons. The average molecular weight is 300 g/mol. The van der Waals surface area contributed by atoms with Crippen LogP contribution in [-0.4, -0.2) is 5.91 Å². The molecule has 0 aliphatic carbocycles. The second kappa shape index (κ2) is 7.32. The molecule has 0 aliphatic rings. The molecule has 0 spiro atoms. The van der Waals surface area contributed by atoms with Crippen molar-refractivity contribution in [3.05, 3.63) is 108 Å². The fourth-order valence-corrected chi connectivity index (χ4v) is 2.37. The van der Waals surface area contributed by atoms with Gasteiger partial charge in [-0.25, -0.2) is 4.79 Å². The van der Waals surface area contributed by atoms with Crippen LogP contribution in [0, 0.1) is 0 Å². The summed E-state index contributed by atoms with van der Waals surface area (Å²) >= 11 is 0. The number of hydrogen-bond acceptors (Lipinski definition) is 1. The highest BCUT2D eigenvalue weighted by atomic mass is 16.1. The second-order valence-corrected chi connectivity index (χ2v) is 5.36. The Balaban J connectivity index is 1.67. The van der Waals surface area contributed by atoms with E-state index in [4.69, 9.17) is 0 Å². The third kappa shape index (κ3) is 4.24. The minimum absolute atomic E-state index is 0.0554. The van der Waals surface area contributed by atoms with Gasteiger partial charge in [-0.15, -0.1) is 4.57 Å². The van der Waals surface area contributed by atoms with Crippen molar-refractivity contribution in [2.45, 2.75) is 6.42 Å². The fourth-order valence-electron chi connectivity index (χ4n) is 2.37. The van der Waals surface area contributed by atoms with Gasteiger partial charge in [0.1, 0.15) is 0 Å². The Hall–Kier alpha value is -3.00. The molecule has 0 bridgehead atoms. The number of aromatic nitrogens is 1. The van der Waals surface area contributed by atoms with Gasteiger partial charge >= 0.3 is 5.91 Å². The number of rotatable bonds is 4. The molecule has 3 rings (SSSR count). The van der Waals surface area contributed by atoms with Crippen molar-refractivity contribution in [3.8, 4) is 0 Å². The van der Waals surface area contributed by atoms with E-state index in [1.54, 1.807) is 10.6 Å². The number of nitrogens with zero attached hydrogens (tertiary/aromatic N) is 1. The van der Waals surface area contributed by atoms with Crippen LogP contribution in [0.4, 0.5) is 0 Å². The molecule has 0 saturated heterocycles. The largest absolute Gasteiger partial charge is 0.417 e. The van der Waals surface area contributed by atoms with Gasteiger partial charge in [-0.2, -0.15) is 0 Å². The highest BCUT2D eigenvalue weighted by Crippen LogP contribution is 2.07. The first-order valence-electron chi connectivity index (χ1n) is 7.63. The van der Waals surface area contributed by atoms with Crippen molar-refractivity contribution in [2.75, 3.05) is 0 Å². The summed E-state index contributed by atoms with van der Waals surface area (Å²) in [7, 11) is 0. The SMILES string of the molecule is O=C(/C=C/c1ccccc1)[n+]1ccc(Cc2ccccc2)cc1. The van der Waals surface area contributed by atoms with Crippen LogP contribution in [0.1, 0.15) is 21.5 Å². The van der Waals surface area contributed by atoms with Crippen LogP contribution in [0.3, 0.4) is 0 Å². The molecule has 2 heteroatoms. The summed E-state index contributed by atoms with van der Waals surface area (Å²) in [6.45, 7) is 0. The number of carbonyl (C=O) groups excluding carboxylic acids is 1. The van der Waals surface area contributed by atoms with Gasteiger partial charge in [-0.1, -0.05) is 60.7 Å². The molecule has 23 heavy (non-hydrogen) atoms. The monoisotopic (exact) mass is 300 g/mol. The molecular weight excluding hydrogens is 282 g/mol. The Bertz CT molecular complexity index is 790. The lowest BCUT2D eigenvalue weighted by Gasteiger charge is -2.00. The first-order chi connectivity index (χ1) is 11.3. The van der Waals surface area contributed by atoms with E-state index in [0.29, 0.717) is 0 Å². The Kier molecular flexibility index (Phi) is 4.75. The molecule has 0 amide bonds. The van der Waals surface area contributed by atoms with E-state index in [-0.39, 0.29) is 5.91 Å². The average Bonchev–Trinajstić information content (AvgIpc) is 2.62. The van der Waals surface area contributed by atoms with Crippen LogP contribution in [0.25, 0.3) is 6.08 Å². The van der Waals surface area contributed by atoms with Gasteiger partial charge in [0.15, 0.2) is 12.4 Å². The first kappa shape index (κ1) is 14.9. The number of hydrogen-bond donors (Lipinski definition) is 0. The lowest BCUT2D eigenvalue weighted by atomic mass is 10.1. The molecule has 2 aromatic carbocycles. The molecule has 0 N–H and O–H groups in total. The lowest BCUT2D eigenvalue weighted by molar-refractivity contribution is -0.570. The van der Waals surface area contributed by atoms with Crippen LogP contribution in [0.5, 0.6) is 0 Å². The van der Waals surface area contributed by atoms with Crippen LogP contribution in [0.2, 0.25) is 0 Å². The second-order valence-electron chi connectivity index (χ2n) is 5.36. The third-order valence-corrected chi connectivity index (χ3v) is 3.62. The van der Waals surface area contributed by atoms with Crippen molar-refractivity contribution in [2.24, 2.45) is 0 Å². The van der Waals surface area contributed by atoms with E-state index in [2.05, 4.69) is 12.1 Å². The van der Waals surface area contributed by atoms with Gasteiger partial charge in [0.05, 0.1) is 6.08 Å². The van der Waals surface area contributed by atoms with Crippen LogP contribution >= 0.6 is 0 Å². The molecule has 0 fully saturated rings. The molecule has 2 nitrogen and oxygen atoms in total. The van der Waals surface area contributed by atoms with E-state index in [9.17, 15) is 4.79 Å². The van der Waals surface area contributed by atoms with Gasteiger partial charge in [0.25, 0.3) is 0 Å². The number of allylic oxidation sites excluding steroid dienone is 1. The van der Waals surface area contributed by atoms with Crippen LogP contribution in [0.15, 0.2) is 91.3 Å². The quantitative estimate of drug-likeness (QED) is 0.528. The van der Waals surface area contributed by atoms with Crippen molar-refractivity contribution in [1.82, 2.24) is 0 Å². The number of benzene rings is 2. The topological polar surface area (TPSA) is 20.9 Å². The Morgan fingerprint density at radius 1 is 0.783 bits per heavy atom. The third-order valence-electron chi connectivity index (χ3n) is 3.62. The minimum atomic E-state index is -0.0554. The molecule has 0 aliphatic heterocycles. The standard InChI is InChI=1S/C21H18NO/c23-21(12-11-18-7-3-1-4-8-18)22-15-13-20(14-16-22)17-19-9-5-2-6-10-19/h1-16H,17H2/q+1/b12-11+. The molecule has 1 heterocycles. The highest BCUT2D eigenvalue weighted by molar-refractivity contribution is 5.85. The lowest BCUT2D eigenvalue weighted by Crippen LogP contribution is -2.40. The van der Waals surface area contributed by atoms with Crippen molar-refractivity contribution in [1.29, 1.82) is 0 Å². The van der Waals surface area contributed by atoms with Gasteiger partial charge in [-0.3, -0.25) is 0 Å². The van der Waals surface area contributed by atoms with E-state index < -0.39 is 0 Å². The smallest absolute Gasteiger partial charge is 0.214 e. The molecule has 1 aromatic heterocycles. The van der Waals surface area contributed by atoms with E-state index >= 15 is 0 Å². The molecule has 0 atom stereocenters. The Labute approximate surface area is 136 Å². The summed E-state index contributed by atoms with van der Waals surface area (Å²) in [6.07, 6.45) is 7.92. The van der Waals surface area contributed by atoms with E-state index in [1.807, 2.05) is 79.1 Å². The zero-order valence-corrected chi connectivity index (χ0v) is 12.8. The zero-order valence-electron chi connectivity index (χ0n) is 12.8. The summed E-state index contributed by atoms with van der Waals surface area (Å²) in [6, 6.07) is 24.1. The van der Waals surface area contributed by atoms with Gasteiger partial charge in [0, 0.05) is 12.1 Å². The first-order valence-corrected chi connectivity index (χ1v) is 7.63. The Morgan fingerprint density at radius 3 is 2.00 bits per heavy atom. The summed E-state index contributed by atoms with van der Waals surface area (Å²) < 4.78 is 1.59. The molecule has 0 unspecified atom stereocenters. The number of carbonyl (C=O) groups is 1. The fraction of sp³-hybridized carbons (Fsp3) is 0.0476. The van der Waals surface area contributed by atoms with Crippen LogP contribution in [-0.2, 0) is 6.42 Å². The summed E-state index contributed by atoms with van der Waals surface area (Å²) in [5, 5.41) is 0. The summed E-state index contributed by atoms with van der Waals surface area (Å²) in [4.78, 5) is 12.2. The molecule has 0 saturated carbocycles. The van der Waals surface area contributed by atoms with Gasteiger partial charge in [-0.05, 0) is 29.2 Å². The maximum absolute atomic E-state index is 12.2. The maximum Gasteiger partial charge on any atom is 0.417 e. The molecule has 3 aromatic rings. The predicted octanol–water partition coefficient (Wildman–Crippen LogP) is 3.92. The van der Waals surface area contributed by atoms with E-state index in [1.165, 1.54) is 11.1 Å². The summed E-state index contributed by atoms with van der Waals surface area (Å²) in [5.41, 5.74) is 3.47. The number of pyridine rings is 1. The molecule has 0 radical (unpaired) electrons. The minimum Gasteiger partial charge on any atom is -0.214 e. The van der Waals surface area contributed by atoms with Crippen molar-refractivity contribution >= 4 is 12.0 Å². The molecular formula is C21H18NO+.